The molecule has 2 aliphatic heterocycles. The number of hydrogen-bond acceptors (Lipinski definition) is 2. The highest BCUT2D eigenvalue weighted by Gasteiger charge is 2.47. The second kappa shape index (κ2) is 2.64. The molecule has 0 radical (unpaired) electrons. The van der Waals surface area contributed by atoms with E-state index in [1.165, 1.54) is 0 Å². The highest BCUT2D eigenvalue weighted by molar-refractivity contribution is 4.94. The lowest BCUT2D eigenvalue weighted by atomic mass is 10.1. The zero-order chi connectivity index (χ0) is 8.77. The summed E-state index contributed by atoms with van der Waals surface area (Å²) in [6, 6.07) is 0.384. The summed E-state index contributed by atoms with van der Waals surface area (Å²) in [6.07, 6.45) is 1.05. The molecule has 0 spiro atoms. The van der Waals surface area contributed by atoms with Crippen molar-refractivity contribution in [3.8, 4) is 0 Å². The van der Waals surface area contributed by atoms with Crippen LogP contribution in [0, 0.1) is 0 Å². The third kappa shape index (κ3) is 1.45. The molecule has 0 amide bonds. The average Bonchev–Trinajstić information content (AvgIpc) is 2.30. The molecule has 2 rings (SSSR count). The Bertz CT molecular complexity index is 176. The van der Waals surface area contributed by atoms with E-state index >= 15 is 0 Å². The molecular formula is C8H14F2N2. The Kier molecular flexibility index (Phi) is 1.84. The van der Waals surface area contributed by atoms with Gasteiger partial charge in [-0.2, -0.15) is 0 Å². The number of hydrogen-bond donors (Lipinski definition) is 0. The van der Waals surface area contributed by atoms with Gasteiger partial charge in [0.05, 0.1) is 13.1 Å². The van der Waals surface area contributed by atoms with E-state index in [0.29, 0.717) is 6.04 Å². The van der Waals surface area contributed by atoms with Crippen LogP contribution < -0.4 is 0 Å². The van der Waals surface area contributed by atoms with Gasteiger partial charge in [-0.1, -0.05) is 0 Å². The van der Waals surface area contributed by atoms with E-state index in [1.807, 2.05) is 11.9 Å². The third-order valence-electron chi connectivity index (χ3n) is 2.75. The fourth-order valence-electron chi connectivity index (χ4n) is 2.02. The molecule has 4 heteroatoms. The van der Waals surface area contributed by atoms with Gasteiger partial charge in [0.25, 0.3) is 5.92 Å². The molecule has 0 saturated carbocycles. The van der Waals surface area contributed by atoms with Crippen LogP contribution in [0.2, 0.25) is 0 Å². The highest BCUT2D eigenvalue weighted by atomic mass is 19.3. The summed E-state index contributed by atoms with van der Waals surface area (Å²) < 4.78 is 25.0. The van der Waals surface area contributed by atoms with E-state index in [1.54, 1.807) is 0 Å². The zero-order valence-corrected chi connectivity index (χ0v) is 7.26. The smallest absolute Gasteiger partial charge is 0.272 e. The van der Waals surface area contributed by atoms with Crippen LogP contribution in [-0.4, -0.2) is 55.0 Å². The fourth-order valence-corrected chi connectivity index (χ4v) is 2.02. The van der Waals surface area contributed by atoms with Crippen molar-refractivity contribution >= 4 is 0 Å². The molecule has 2 nitrogen and oxygen atoms in total. The lowest BCUT2D eigenvalue weighted by Gasteiger charge is -2.42. The molecule has 2 saturated heterocycles. The number of nitrogens with zero attached hydrogens (tertiary/aromatic N) is 2. The maximum atomic E-state index is 12.5. The van der Waals surface area contributed by atoms with Gasteiger partial charge in [0, 0.05) is 12.6 Å². The Hall–Kier alpha value is -0.220. The Morgan fingerprint density at radius 1 is 1.33 bits per heavy atom. The van der Waals surface area contributed by atoms with Crippen molar-refractivity contribution in [3.63, 3.8) is 0 Å². The average molecular weight is 176 g/mol. The Labute approximate surface area is 71.1 Å². The van der Waals surface area contributed by atoms with Crippen LogP contribution in [0.5, 0.6) is 0 Å². The summed E-state index contributed by atoms with van der Waals surface area (Å²) in [5.74, 6) is -2.40. The first-order chi connectivity index (χ1) is 5.57. The van der Waals surface area contributed by atoms with Crippen LogP contribution in [0.1, 0.15) is 6.42 Å². The van der Waals surface area contributed by atoms with Crippen LogP contribution in [0.25, 0.3) is 0 Å². The number of likely N-dealkylation sites (N-methyl/N-ethyl adjacent to an activating group) is 1. The quantitative estimate of drug-likeness (QED) is 0.578. The minimum atomic E-state index is -2.40. The van der Waals surface area contributed by atoms with Gasteiger partial charge in [0.2, 0.25) is 0 Å². The van der Waals surface area contributed by atoms with Crippen LogP contribution in [0.15, 0.2) is 0 Å². The molecule has 0 aliphatic carbocycles. The first kappa shape index (κ1) is 8.38. The Morgan fingerprint density at radius 2 is 2.00 bits per heavy atom. The second-order valence-corrected chi connectivity index (χ2v) is 3.97. The third-order valence-corrected chi connectivity index (χ3v) is 2.75. The zero-order valence-electron chi connectivity index (χ0n) is 7.26. The number of halogens is 2. The van der Waals surface area contributed by atoms with Gasteiger partial charge in [-0.25, -0.2) is 8.78 Å². The van der Waals surface area contributed by atoms with E-state index in [2.05, 4.69) is 4.90 Å². The predicted octanol–water partition coefficient (Wildman–Crippen LogP) is 0.641. The van der Waals surface area contributed by atoms with E-state index in [0.717, 1.165) is 19.5 Å². The lowest BCUT2D eigenvalue weighted by molar-refractivity contribution is -0.144. The molecule has 1 unspecified atom stereocenters. The van der Waals surface area contributed by atoms with Gasteiger partial charge < -0.3 is 4.90 Å². The second-order valence-electron chi connectivity index (χ2n) is 3.97. The van der Waals surface area contributed by atoms with Gasteiger partial charge in [-0.15, -0.1) is 0 Å². The summed E-state index contributed by atoms with van der Waals surface area (Å²) in [4.78, 5) is 4.09. The molecule has 0 bridgehead atoms. The Balaban J connectivity index is 1.81. The van der Waals surface area contributed by atoms with Gasteiger partial charge in [0.1, 0.15) is 0 Å². The van der Waals surface area contributed by atoms with E-state index < -0.39 is 5.92 Å². The summed E-state index contributed by atoms with van der Waals surface area (Å²) in [5, 5.41) is 0. The van der Waals surface area contributed by atoms with Gasteiger partial charge in [-0.05, 0) is 20.0 Å². The van der Waals surface area contributed by atoms with Gasteiger partial charge in [-0.3, -0.25) is 4.90 Å². The maximum Gasteiger partial charge on any atom is 0.272 e. The first-order valence-corrected chi connectivity index (χ1v) is 4.37. The molecule has 2 aliphatic rings. The minimum absolute atomic E-state index is 0.0223. The molecular weight excluding hydrogens is 162 g/mol. The fraction of sp³-hybridized carbons (Fsp3) is 1.00. The van der Waals surface area contributed by atoms with E-state index in [9.17, 15) is 8.78 Å². The van der Waals surface area contributed by atoms with Gasteiger partial charge >= 0.3 is 0 Å². The number of rotatable bonds is 1. The topological polar surface area (TPSA) is 6.48 Å². The predicted molar refractivity (Wildman–Crippen MR) is 42.4 cm³/mol. The molecule has 2 heterocycles. The molecule has 2 fully saturated rings. The largest absolute Gasteiger partial charge is 0.305 e. The van der Waals surface area contributed by atoms with Crippen molar-refractivity contribution in [2.75, 3.05) is 33.2 Å². The summed E-state index contributed by atoms with van der Waals surface area (Å²) in [5.41, 5.74) is 0. The van der Waals surface area contributed by atoms with Gasteiger partial charge in [0.15, 0.2) is 0 Å². The normalized spacial score (nSPS) is 36.8. The minimum Gasteiger partial charge on any atom is -0.305 e. The monoisotopic (exact) mass is 176 g/mol. The maximum absolute atomic E-state index is 12.5. The molecule has 0 aromatic rings. The van der Waals surface area contributed by atoms with Crippen LogP contribution in [0.3, 0.4) is 0 Å². The summed E-state index contributed by atoms with van der Waals surface area (Å²) in [7, 11) is 2.04. The van der Waals surface area contributed by atoms with E-state index in [-0.39, 0.29) is 13.1 Å². The molecule has 0 aromatic heterocycles. The molecule has 1 atom stereocenters. The first-order valence-electron chi connectivity index (χ1n) is 4.37. The molecule has 0 aromatic carbocycles. The number of alkyl halides is 2. The van der Waals surface area contributed by atoms with E-state index in [4.69, 9.17) is 0 Å². The van der Waals surface area contributed by atoms with Crippen molar-refractivity contribution < 1.29 is 8.78 Å². The molecule has 0 N–H and O–H groups in total. The standard InChI is InChI=1S/C8H14F2N2/c1-11-3-2-7(4-11)12-5-8(9,10)6-12/h7H,2-6H2,1H3. The number of likely N-dealkylation sites (tertiary alicyclic amines) is 2. The SMILES string of the molecule is CN1CCC(N2CC(F)(F)C2)C1. The van der Waals surface area contributed by atoms with Crippen LogP contribution >= 0.6 is 0 Å². The van der Waals surface area contributed by atoms with Crippen LogP contribution in [0.4, 0.5) is 8.78 Å². The Morgan fingerprint density at radius 3 is 2.42 bits per heavy atom. The van der Waals surface area contributed by atoms with Crippen molar-refractivity contribution in [1.29, 1.82) is 0 Å². The summed E-state index contributed by atoms with van der Waals surface area (Å²) in [6.45, 7) is 1.96. The molecule has 12 heavy (non-hydrogen) atoms. The lowest BCUT2D eigenvalue weighted by Crippen LogP contribution is -2.60. The van der Waals surface area contributed by atoms with Crippen molar-refractivity contribution in [3.05, 3.63) is 0 Å². The molecule has 70 valence electrons. The highest BCUT2D eigenvalue weighted by Crippen LogP contribution is 2.30. The van der Waals surface area contributed by atoms with Crippen molar-refractivity contribution in [2.45, 2.75) is 18.4 Å². The van der Waals surface area contributed by atoms with Crippen molar-refractivity contribution in [2.24, 2.45) is 0 Å². The summed E-state index contributed by atoms with van der Waals surface area (Å²) >= 11 is 0. The van der Waals surface area contributed by atoms with Crippen molar-refractivity contribution in [1.82, 2.24) is 9.80 Å². The van der Waals surface area contributed by atoms with Crippen LogP contribution in [-0.2, 0) is 0 Å².